The van der Waals surface area contributed by atoms with Crippen molar-refractivity contribution in [1.29, 1.82) is 0 Å². The number of methoxy groups -OCH3 is 2. The number of benzene rings is 5. The minimum Gasteiger partial charge on any atom is -0.497 e. The van der Waals surface area contributed by atoms with Crippen LogP contribution in [0.15, 0.2) is 116 Å². The van der Waals surface area contributed by atoms with Gasteiger partial charge in [0.25, 0.3) is 11.8 Å². The molecule has 2 saturated heterocycles. The van der Waals surface area contributed by atoms with Gasteiger partial charge in [-0.2, -0.15) is 4.98 Å². The molecule has 10 rings (SSSR count). The van der Waals surface area contributed by atoms with Gasteiger partial charge in [-0.3, -0.25) is 53.7 Å². The van der Waals surface area contributed by atoms with Crippen molar-refractivity contribution in [2.24, 2.45) is 0 Å². The first-order valence-electron chi connectivity index (χ1n) is 26.7. The van der Waals surface area contributed by atoms with E-state index >= 15 is 0 Å². The minimum atomic E-state index is -1.09. The van der Waals surface area contributed by atoms with Crippen molar-refractivity contribution in [2.45, 2.75) is 32.0 Å². The lowest BCUT2D eigenvalue weighted by Gasteiger charge is -2.36. The number of carbonyl (C=O) groups is 7. The molecule has 0 aliphatic carbocycles. The fourth-order valence-electron chi connectivity index (χ4n) is 10.1. The van der Waals surface area contributed by atoms with Gasteiger partial charge in [-0.1, -0.05) is 30.8 Å². The SMILES string of the molecule is C=CC(=O)Nc1ccc(CN2C(=O)N(c3cc(OC)cc(OC)c3)Cc3cnc(Nc4ccc(N5CCN(CC(=O)NCCOCCOCCOc6cc7c8c(cccc8c6)C(=O)N(C6CCC(=O)NC6=O)C7=O)CC5)cc4)nc32)cc1. The molecule has 8 amide bonds. The molecule has 0 saturated carbocycles. The number of nitrogens with one attached hydrogen (secondary N) is 4. The molecule has 4 aliphatic rings. The highest BCUT2D eigenvalue weighted by Crippen LogP contribution is 2.38. The quantitative estimate of drug-likeness (QED) is 0.0355. The van der Waals surface area contributed by atoms with Crippen molar-refractivity contribution in [2.75, 3.05) is 112 Å². The average molecular weight is 1120 g/mol. The molecule has 5 heterocycles. The largest absolute Gasteiger partial charge is 0.497 e. The molecule has 1 unspecified atom stereocenters. The fraction of sp³-hybridized carbons (Fsp3) is 0.305. The third-order valence-corrected chi connectivity index (χ3v) is 14.3. The van der Waals surface area contributed by atoms with Crippen LogP contribution < -0.4 is 50.2 Å². The number of fused-ring (bicyclic) bond motifs is 1. The Balaban J connectivity index is 0.643. The van der Waals surface area contributed by atoms with E-state index in [-0.39, 0.29) is 69.1 Å². The van der Waals surface area contributed by atoms with Crippen molar-refractivity contribution in [3.63, 3.8) is 0 Å². The number of piperazine rings is 1. The van der Waals surface area contributed by atoms with E-state index in [1.807, 2.05) is 36.4 Å². The van der Waals surface area contributed by atoms with Gasteiger partial charge in [0.05, 0.1) is 71.5 Å². The smallest absolute Gasteiger partial charge is 0.330 e. The van der Waals surface area contributed by atoms with Crippen LogP contribution in [0.3, 0.4) is 0 Å². The monoisotopic (exact) mass is 1120 g/mol. The summed E-state index contributed by atoms with van der Waals surface area (Å²) in [5.74, 6) is -0.529. The summed E-state index contributed by atoms with van der Waals surface area (Å²) in [7, 11) is 3.10. The molecule has 5 aromatic carbocycles. The van der Waals surface area contributed by atoms with Gasteiger partial charge in [0.15, 0.2) is 0 Å². The van der Waals surface area contributed by atoms with Crippen molar-refractivity contribution >= 4 is 86.8 Å². The van der Waals surface area contributed by atoms with Crippen LogP contribution >= 0.6 is 0 Å². The highest BCUT2D eigenvalue weighted by molar-refractivity contribution is 6.27. The summed E-state index contributed by atoms with van der Waals surface area (Å²) in [4.78, 5) is 109. The molecule has 0 bridgehead atoms. The van der Waals surface area contributed by atoms with Crippen molar-refractivity contribution < 1.29 is 57.2 Å². The van der Waals surface area contributed by atoms with Crippen LogP contribution in [0.2, 0.25) is 0 Å². The number of nitrogens with zero attached hydrogens (tertiary/aromatic N) is 7. The molecular weight excluding hydrogens is 1050 g/mol. The Morgan fingerprint density at radius 1 is 0.768 bits per heavy atom. The van der Waals surface area contributed by atoms with Crippen molar-refractivity contribution in [1.82, 2.24) is 30.4 Å². The number of piperidine rings is 1. The lowest BCUT2D eigenvalue weighted by atomic mass is 9.91. The van der Waals surface area contributed by atoms with E-state index in [2.05, 4.69) is 42.6 Å². The lowest BCUT2D eigenvalue weighted by Crippen LogP contribution is -2.57. The molecule has 1 atom stereocenters. The van der Waals surface area contributed by atoms with Crippen LogP contribution in [-0.4, -0.2) is 154 Å². The summed E-state index contributed by atoms with van der Waals surface area (Å²) in [6.45, 7) is 8.68. The number of carbonyl (C=O) groups excluding carboxylic acids is 7. The molecule has 23 heteroatoms. The Bertz CT molecular complexity index is 3400. The van der Waals surface area contributed by atoms with E-state index in [0.717, 1.165) is 40.5 Å². The molecule has 4 N–H and O–H groups in total. The van der Waals surface area contributed by atoms with Crippen molar-refractivity contribution in [3.8, 4) is 17.2 Å². The number of rotatable bonds is 23. The van der Waals surface area contributed by atoms with E-state index in [0.29, 0.717) is 96.2 Å². The van der Waals surface area contributed by atoms with Crippen LogP contribution in [0, 0.1) is 0 Å². The Hall–Kier alpha value is -9.45. The average Bonchev–Trinajstić information content (AvgIpc) is 3.06. The van der Waals surface area contributed by atoms with Crippen LogP contribution in [0.4, 0.5) is 39.3 Å². The first-order chi connectivity index (χ1) is 39.9. The van der Waals surface area contributed by atoms with E-state index in [1.165, 1.54) is 6.08 Å². The van der Waals surface area contributed by atoms with Crippen LogP contribution in [0.1, 0.15) is 44.7 Å². The van der Waals surface area contributed by atoms with Gasteiger partial charge < -0.3 is 44.5 Å². The molecule has 6 aromatic rings. The molecular formula is C59H61N11O12. The predicted octanol–water partition coefficient (Wildman–Crippen LogP) is 5.41. The summed E-state index contributed by atoms with van der Waals surface area (Å²) in [5.41, 5.74) is 5.00. The summed E-state index contributed by atoms with van der Waals surface area (Å²) in [6, 6.07) is 27.4. The summed E-state index contributed by atoms with van der Waals surface area (Å²) < 4.78 is 28.3. The maximum absolute atomic E-state index is 14.5. The third-order valence-electron chi connectivity index (χ3n) is 14.3. The van der Waals surface area contributed by atoms with Gasteiger partial charge >= 0.3 is 6.03 Å². The molecule has 0 radical (unpaired) electrons. The number of urea groups is 1. The minimum absolute atomic E-state index is 0.0231. The van der Waals surface area contributed by atoms with Gasteiger partial charge in [-0.05, 0) is 78.0 Å². The number of imide groups is 2. The molecule has 4 aliphatic heterocycles. The summed E-state index contributed by atoms with van der Waals surface area (Å²) >= 11 is 0. The maximum Gasteiger partial charge on any atom is 0.330 e. The number of anilines is 6. The first-order valence-corrected chi connectivity index (χ1v) is 26.7. The van der Waals surface area contributed by atoms with Gasteiger partial charge in [-0.15, -0.1) is 0 Å². The normalized spacial score (nSPS) is 16.2. The predicted molar refractivity (Wildman–Crippen MR) is 304 cm³/mol. The van der Waals surface area contributed by atoms with Crippen LogP contribution in [0.5, 0.6) is 17.2 Å². The third kappa shape index (κ3) is 12.8. The zero-order valence-corrected chi connectivity index (χ0v) is 45.3. The second kappa shape index (κ2) is 25.3. The summed E-state index contributed by atoms with van der Waals surface area (Å²) in [5, 5.41) is 12.3. The number of aromatic nitrogens is 2. The topological polar surface area (TPSA) is 256 Å². The Labute approximate surface area is 472 Å². The van der Waals surface area contributed by atoms with E-state index in [1.54, 1.807) is 90.9 Å². The standard InChI is InChI=1S/C59H61N11O12/c1-4-50(71)62-40-10-8-37(9-11-40)34-69-54-39(35-68(59(69)77)43-29-44(78-2)31-45(30-43)79-3)33-61-58(65-54)63-41-12-14-42(15-13-41)67-21-19-66(20-22-67)36-52(73)60-18-23-80-24-25-81-26-27-82-46-28-38-6-5-7-47-53(38)48(32-46)57(76)70(56(47)75)49-16-17-51(72)64-55(49)74/h4-15,28-33,49H,1,16-27,34-36H2,2-3H3,(H,60,73)(H,62,71)(H,61,63,65)(H,64,72,74). The molecule has 23 nitrogen and oxygen atoms in total. The van der Waals surface area contributed by atoms with Crippen LogP contribution in [0.25, 0.3) is 10.8 Å². The molecule has 0 spiro atoms. The number of hydrogen-bond donors (Lipinski definition) is 4. The summed E-state index contributed by atoms with van der Waals surface area (Å²) in [6.07, 6.45) is 2.99. The number of ether oxygens (including phenoxy) is 5. The molecule has 1 aromatic heterocycles. The lowest BCUT2D eigenvalue weighted by molar-refractivity contribution is -0.136. The zero-order valence-electron chi connectivity index (χ0n) is 45.3. The van der Waals surface area contributed by atoms with Crippen molar-refractivity contribution in [3.05, 3.63) is 138 Å². The molecule has 82 heavy (non-hydrogen) atoms. The van der Waals surface area contributed by atoms with E-state index in [4.69, 9.17) is 28.7 Å². The van der Waals surface area contributed by atoms with Gasteiger partial charge in [-0.25, -0.2) is 9.78 Å². The second-order valence-corrected chi connectivity index (χ2v) is 19.6. The van der Waals surface area contributed by atoms with Gasteiger partial charge in [0.2, 0.25) is 29.6 Å². The Morgan fingerprint density at radius 2 is 1.48 bits per heavy atom. The van der Waals surface area contributed by atoms with E-state index in [9.17, 15) is 33.6 Å². The second-order valence-electron chi connectivity index (χ2n) is 19.6. The zero-order chi connectivity index (χ0) is 57.3. The fourth-order valence-corrected chi connectivity index (χ4v) is 10.1. The number of hydrogen-bond acceptors (Lipinski definition) is 17. The first kappa shape index (κ1) is 55.8. The number of amides is 8. The Kier molecular flexibility index (Phi) is 17.3. The highest BCUT2D eigenvalue weighted by Gasteiger charge is 2.43. The highest BCUT2D eigenvalue weighted by atomic mass is 16.5. The molecule has 424 valence electrons. The van der Waals surface area contributed by atoms with Gasteiger partial charge in [0, 0.05) is 97.1 Å². The van der Waals surface area contributed by atoms with Gasteiger partial charge in [0.1, 0.15) is 35.7 Å². The Morgan fingerprint density at radius 3 is 2.20 bits per heavy atom. The van der Waals surface area contributed by atoms with Crippen LogP contribution in [-0.2, 0) is 41.7 Å². The van der Waals surface area contributed by atoms with E-state index < -0.39 is 29.7 Å². The molecule has 2 fully saturated rings. The maximum atomic E-state index is 14.5.